The van der Waals surface area contributed by atoms with Crippen LogP contribution in [0.25, 0.3) is 11.0 Å². The van der Waals surface area contributed by atoms with Gasteiger partial charge in [-0.05, 0) is 12.5 Å². The first-order valence-electron chi connectivity index (χ1n) is 6.11. The smallest absolute Gasteiger partial charge is 0.271 e. The molecule has 0 fully saturated rings. The molecule has 8 heteroatoms. The first-order valence-corrected chi connectivity index (χ1v) is 6.55. The zero-order valence-electron chi connectivity index (χ0n) is 10.9. The molecule has 0 aliphatic carbocycles. The summed E-state index contributed by atoms with van der Waals surface area (Å²) in [5.74, 6) is 0.571. The van der Waals surface area contributed by atoms with Gasteiger partial charge in [-0.1, -0.05) is 0 Å². The van der Waals surface area contributed by atoms with Crippen LogP contribution in [-0.4, -0.2) is 40.5 Å². The molecule has 0 amide bonds. The predicted molar refractivity (Wildman–Crippen MR) is 77.4 cm³/mol. The molecule has 108 valence electrons. The van der Waals surface area contributed by atoms with Crippen molar-refractivity contribution in [3.05, 3.63) is 28.3 Å². The Bertz CT molecular complexity index is 601. The van der Waals surface area contributed by atoms with Crippen LogP contribution < -0.4 is 5.32 Å². The number of imidazole rings is 1. The molecule has 1 aromatic heterocycles. The van der Waals surface area contributed by atoms with Crippen molar-refractivity contribution in [3.8, 4) is 0 Å². The minimum absolute atomic E-state index is 0.0358. The Hall–Kier alpha value is -1.86. The van der Waals surface area contributed by atoms with E-state index in [9.17, 15) is 10.1 Å². The average molecular weight is 299 g/mol. The maximum atomic E-state index is 10.7. The number of non-ortho nitro benzene ring substituents is 1. The fourth-order valence-corrected chi connectivity index (χ4v) is 2.04. The van der Waals surface area contributed by atoms with Crippen molar-refractivity contribution in [2.45, 2.75) is 11.8 Å². The molecular formula is C12H15ClN4O3. The third-order valence-corrected chi connectivity index (χ3v) is 3.12. The summed E-state index contributed by atoms with van der Waals surface area (Å²) in [4.78, 5) is 17.5. The molecule has 0 aliphatic heterocycles. The third kappa shape index (κ3) is 3.58. The minimum Gasteiger partial charge on any atom is -0.383 e. The first kappa shape index (κ1) is 14.5. The van der Waals surface area contributed by atoms with Gasteiger partial charge in [-0.2, -0.15) is 0 Å². The molecule has 2 N–H and O–H groups in total. The normalized spacial score (nSPS) is 12.5. The number of hydrogen-bond donors (Lipinski definition) is 2. The maximum absolute atomic E-state index is 10.7. The van der Waals surface area contributed by atoms with Crippen molar-refractivity contribution in [1.82, 2.24) is 9.97 Å². The van der Waals surface area contributed by atoms with Gasteiger partial charge in [-0.3, -0.25) is 10.1 Å². The fraction of sp³-hybridized carbons (Fsp3) is 0.417. The van der Waals surface area contributed by atoms with Gasteiger partial charge in [0.2, 0.25) is 5.95 Å². The van der Waals surface area contributed by atoms with Gasteiger partial charge in [0.05, 0.1) is 27.9 Å². The van der Waals surface area contributed by atoms with Crippen molar-refractivity contribution < 1.29 is 9.66 Å². The van der Waals surface area contributed by atoms with Crippen molar-refractivity contribution in [1.29, 1.82) is 0 Å². The number of alkyl halides is 1. The topological polar surface area (TPSA) is 93.1 Å². The molecule has 1 atom stereocenters. The van der Waals surface area contributed by atoms with E-state index in [1.54, 1.807) is 13.2 Å². The lowest BCUT2D eigenvalue weighted by Gasteiger charge is -2.07. The Labute approximate surface area is 120 Å². The lowest BCUT2D eigenvalue weighted by Crippen LogP contribution is -2.13. The lowest BCUT2D eigenvalue weighted by molar-refractivity contribution is -0.384. The summed E-state index contributed by atoms with van der Waals surface area (Å²) in [5.41, 5.74) is 1.34. The highest BCUT2D eigenvalue weighted by Gasteiger charge is 2.10. The summed E-state index contributed by atoms with van der Waals surface area (Å²) < 4.78 is 4.94. The summed E-state index contributed by atoms with van der Waals surface area (Å²) in [6.07, 6.45) is 0.729. The van der Waals surface area contributed by atoms with Crippen LogP contribution in [0.2, 0.25) is 0 Å². The van der Waals surface area contributed by atoms with E-state index in [-0.39, 0.29) is 11.1 Å². The van der Waals surface area contributed by atoms with Crippen molar-refractivity contribution >= 4 is 34.3 Å². The van der Waals surface area contributed by atoms with E-state index in [1.165, 1.54) is 12.1 Å². The van der Waals surface area contributed by atoms with Gasteiger partial charge in [-0.25, -0.2) is 4.98 Å². The van der Waals surface area contributed by atoms with E-state index in [0.717, 1.165) is 6.42 Å². The SMILES string of the molecule is COCC(Cl)CCNc1nc2ccc([N+](=O)[O-])cc2[nH]1. The van der Waals surface area contributed by atoms with Crippen LogP contribution >= 0.6 is 11.6 Å². The second-order valence-electron chi connectivity index (χ2n) is 4.31. The number of ether oxygens (including phenoxy) is 1. The third-order valence-electron chi connectivity index (χ3n) is 2.77. The van der Waals surface area contributed by atoms with Crippen LogP contribution in [-0.2, 0) is 4.74 Å². The molecule has 7 nitrogen and oxygen atoms in total. The number of benzene rings is 1. The molecular weight excluding hydrogens is 284 g/mol. The summed E-state index contributed by atoms with van der Waals surface area (Å²) in [5, 5.41) is 13.7. The quantitative estimate of drug-likeness (QED) is 0.465. The summed E-state index contributed by atoms with van der Waals surface area (Å²) in [6, 6.07) is 4.51. The fourth-order valence-electron chi connectivity index (χ4n) is 1.81. The number of nitro benzene ring substituents is 1. The molecule has 1 heterocycles. The molecule has 0 saturated carbocycles. The number of rotatable bonds is 7. The van der Waals surface area contributed by atoms with E-state index < -0.39 is 4.92 Å². The maximum Gasteiger partial charge on any atom is 0.271 e. The average Bonchev–Trinajstić information content (AvgIpc) is 2.80. The molecule has 0 aliphatic rings. The van der Waals surface area contributed by atoms with Crippen LogP contribution in [0.3, 0.4) is 0 Å². The van der Waals surface area contributed by atoms with Crippen LogP contribution in [0.15, 0.2) is 18.2 Å². The first-order chi connectivity index (χ1) is 9.60. The number of methoxy groups -OCH3 is 1. The number of H-pyrrole nitrogens is 1. The zero-order chi connectivity index (χ0) is 14.5. The van der Waals surface area contributed by atoms with Gasteiger partial charge in [0.25, 0.3) is 5.69 Å². The second-order valence-corrected chi connectivity index (χ2v) is 4.93. The van der Waals surface area contributed by atoms with Crippen LogP contribution in [0.5, 0.6) is 0 Å². The Balaban J connectivity index is 1.99. The highest BCUT2D eigenvalue weighted by atomic mass is 35.5. The van der Waals surface area contributed by atoms with Crippen molar-refractivity contribution in [2.24, 2.45) is 0 Å². The zero-order valence-corrected chi connectivity index (χ0v) is 11.7. The number of nitrogens with one attached hydrogen (secondary N) is 2. The van der Waals surface area contributed by atoms with E-state index >= 15 is 0 Å². The van der Waals surface area contributed by atoms with Crippen LogP contribution in [0.4, 0.5) is 11.6 Å². The standard InChI is InChI=1S/C12H15ClN4O3/c1-20-7-8(13)4-5-14-12-15-10-3-2-9(17(18)19)6-11(10)16-12/h2-3,6,8H,4-5,7H2,1H3,(H2,14,15,16). The molecule has 0 spiro atoms. The van der Waals surface area contributed by atoms with Gasteiger partial charge in [0.1, 0.15) is 0 Å². The highest BCUT2D eigenvalue weighted by molar-refractivity contribution is 6.20. The number of halogens is 1. The molecule has 20 heavy (non-hydrogen) atoms. The Kier molecular flexibility index (Phi) is 4.75. The minimum atomic E-state index is -0.434. The van der Waals surface area contributed by atoms with Crippen molar-refractivity contribution in [3.63, 3.8) is 0 Å². The number of nitro groups is 1. The molecule has 2 aromatic rings. The van der Waals surface area contributed by atoms with E-state index in [1.807, 2.05) is 0 Å². The highest BCUT2D eigenvalue weighted by Crippen LogP contribution is 2.20. The number of anilines is 1. The van der Waals surface area contributed by atoms with E-state index in [4.69, 9.17) is 16.3 Å². The van der Waals surface area contributed by atoms with Gasteiger partial charge in [0, 0.05) is 25.8 Å². The molecule has 0 bridgehead atoms. The Morgan fingerprint density at radius 2 is 2.40 bits per heavy atom. The number of nitrogens with zero attached hydrogens (tertiary/aromatic N) is 2. The number of aromatic nitrogens is 2. The number of hydrogen-bond acceptors (Lipinski definition) is 5. The van der Waals surface area contributed by atoms with Crippen molar-refractivity contribution in [2.75, 3.05) is 25.6 Å². The molecule has 2 rings (SSSR count). The van der Waals surface area contributed by atoms with Gasteiger partial charge in [0.15, 0.2) is 0 Å². The summed E-state index contributed by atoms with van der Waals surface area (Å²) in [7, 11) is 1.61. The molecule has 0 saturated heterocycles. The number of aromatic amines is 1. The largest absolute Gasteiger partial charge is 0.383 e. The second kappa shape index (κ2) is 6.53. The van der Waals surface area contributed by atoms with E-state index in [0.29, 0.717) is 30.1 Å². The lowest BCUT2D eigenvalue weighted by atomic mass is 10.3. The number of fused-ring (bicyclic) bond motifs is 1. The van der Waals surface area contributed by atoms with Gasteiger partial charge < -0.3 is 15.0 Å². The predicted octanol–water partition coefficient (Wildman–Crippen LogP) is 2.53. The van der Waals surface area contributed by atoms with Gasteiger partial charge in [-0.15, -0.1) is 11.6 Å². The Morgan fingerprint density at radius 1 is 1.60 bits per heavy atom. The molecule has 0 radical (unpaired) electrons. The van der Waals surface area contributed by atoms with Crippen LogP contribution in [0, 0.1) is 10.1 Å². The monoisotopic (exact) mass is 298 g/mol. The molecule has 1 unspecified atom stereocenters. The summed E-state index contributed by atoms with van der Waals surface area (Å²) in [6.45, 7) is 1.13. The van der Waals surface area contributed by atoms with Gasteiger partial charge >= 0.3 is 0 Å². The molecule has 1 aromatic carbocycles. The Morgan fingerprint density at radius 3 is 3.10 bits per heavy atom. The van der Waals surface area contributed by atoms with E-state index in [2.05, 4.69) is 15.3 Å². The van der Waals surface area contributed by atoms with Crippen LogP contribution in [0.1, 0.15) is 6.42 Å². The summed E-state index contributed by atoms with van der Waals surface area (Å²) >= 11 is 6.01.